The smallest absolute Gasteiger partial charge is 0.336 e. The first-order valence-electron chi connectivity index (χ1n) is 11.5. The van der Waals surface area contributed by atoms with Crippen LogP contribution in [-0.2, 0) is 14.4 Å². The predicted molar refractivity (Wildman–Crippen MR) is 122 cm³/mol. The van der Waals surface area contributed by atoms with E-state index >= 15 is 0 Å². The zero-order valence-electron chi connectivity index (χ0n) is 19.0. The molecule has 0 aromatic rings. The lowest BCUT2D eigenvalue weighted by Crippen LogP contribution is -2.33. The first kappa shape index (κ1) is 27.2. The fourth-order valence-corrected chi connectivity index (χ4v) is 3.05. The Labute approximate surface area is 178 Å². The Bertz CT molecular complexity index is 508. The van der Waals surface area contributed by atoms with Crippen LogP contribution in [0.2, 0.25) is 0 Å². The third-order valence-corrected chi connectivity index (χ3v) is 4.85. The van der Waals surface area contributed by atoms with Crippen molar-refractivity contribution in [3.8, 4) is 0 Å². The minimum atomic E-state index is -0.589. The standard InChI is InChI=1S/C25H43NO3/c1-5-7-8-9-10-11-12-13-14-15-16-17-18-19-21-23(20-6-2)24(27)26-29-25(28)22(3)4/h10-11,13-14,23H,3,5-9,12,15-21H2,1-2,4H3,(H,26,27)/b11-10-,14-13-. The molecule has 4 heteroatoms. The van der Waals surface area contributed by atoms with Gasteiger partial charge in [0.1, 0.15) is 0 Å². The Kier molecular flexibility index (Phi) is 18.2. The fourth-order valence-electron chi connectivity index (χ4n) is 3.05. The molecule has 1 N–H and O–H groups in total. The number of unbranched alkanes of at least 4 members (excludes halogenated alkanes) is 7. The van der Waals surface area contributed by atoms with Crippen LogP contribution >= 0.6 is 0 Å². The minimum absolute atomic E-state index is 0.0954. The van der Waals surface area contributed by atoms with E-state index in [1.807, 2.05) is 0 Å². The SMILES string of the molecule is C=C(C)C(=O)ONC(=O)C(CCC)CCCCCC/C=C\C/C=C\CCCCC. The van der Waals surface area contributed by atoms with Gasteiger partial charge in [0.25, 0.3) is 5.91 Å². The topological polar surface area (TPSA) is 55.4 Å². The fraction of sp³-hybridized carbons (Fsp3) is 0.680. The lowest BCUT2D eigenvalue weighted by molar-refractivity contribution is -0.156. The number of carbonyl (C=O) groups excluding carboxylic acids is 2. The van der Waals surface area contributed by atoms with Crippen LogP contribution in [-0.4, -0.2) is 11.9 Å². The predicted octanol–water partition coefficient (Wildman–Crippen LogP) is 6.98. The Morgan fingerprint density at radius 3 is 2.07 bits per heavy atom. The molecule has 0 aliphatic heterocycles. The van der Waals surface area contributed by atoms with Crippen molar-refractivity contribution >= 4 is 11.9 Å². The van der Waals surface area contributed by atoms with Gasteiger partial charge in [0.05, 0.1) is 0 Å². The van der Waals surface area contributed by atoms with Crippen molar-refractivity contribution in [2.24, 2.45) is 5.92 Å². The number of hydrogen-bond acceptors (Lipinski definition) is 3. The van der Waals surface area contributed by atoms with E-state index in [4.69, 9.17) is 4.84 Å². The highest BCUT2D eigenvalue weighted by Gasteiger charge is 2.18. The highest BCUT2D eigenvalue weighted by atomic mass is 16.7. The van der Waals surface area contributed by atoms with Crippen LogP contribution in [0.4, 0.5) is 0 Å². The second-order valence-electron chi connectivity index (χ2n) is 7.79. The van der Waals surface area contributed by atoms with Gasteiger partial charge in [-0.25, -0.2) is 4.79 Å². The third-order valence-electron chi connectivity index (χ3n) is 4.85. The summed E-state index contributed by atoms with van der Waals surface area (Å²) in [6.07, 6.45) is 23.5. The molecule has 0 aliphatic carbocycles. The lowest BCUT2D eigenvalue weighted by Gasteiger charge is -2.15. The van der Waals surface area contributed by atoms with Gasteiger partial charge in [-0.2, -0.15) is 5.48 Å². The van der Waals surface area contributed by atoms with Gasteiger partial charge in [-0.15, -0.1) is 0 Å². The molecule has 29 heavy (non-hydrogen) atoms. The van der Waals surface area contributed by atoms with E-state index in [-0.39, 0.29) is 17.4 Å². The molecule has 1 unspecified atom stereocenters. The second-order valence-corrected chi connectivity index (χ2v) is 7.79. The molecule has 0 aliphatic rings. The average molecular weight is 406 g/mol. The van der Waals surface area contributed by atoms with E-state index in [9.17, 15) is 9.59 Å². The van der Waals surface area contributed by atoms with Crippen molar-refractivity contribution in [1.82, 2.24) is 5.48 Å². The molecule has 0 saturated carbocycles. The molecule has 166 valence electrons. The Hall–Kier alpha value is -1.84. The number of nitrogens with one attached hydrogen (secondary N) is 1. The van der Waals surface area contributed by atoms with Gasteiger partial charge in [-0.1, -0.05) is 83.3 Å². The highest BCUT2D eigenvalue weighted by Crippen LogP contribution is 2.17. The summed E-state index contributed by atoms with van der Waals surface area (Å²) in [7, 11) is 0. The number of hydroxylamine groups is 1. The van der Waals surface area contributed by atoms with E-state index in [1.54, 1.807) is 6.92 Å². The van der Waals surface area contributed by atoms with Crippen molar-refractivity contribution < 1.29 is 14.4 Å². The van der Waals surface area contributed by atoms with Gasteiger partial charge in [0.15, 0.2) is 0 Å². The summed E-state index contributed by atoms with van der Waals surface area (Å²) in [6, 6.07) is 0. The first-order chi connectivity index (χ1) is 14.0. The number of hydrogen-bond donors (Lipinski definition) is 1. The van der Waals surface area contributed by atoms with Crippen LogP contribution in [0.3, 0.4) is 0 Å². The van der Waals surface area contributed by atoms with Crippen molar-refractivity contribution in [3.05, 3.63) is 36.5 Å². The molecule has 4 nitrogen and oxygen atoms in total. The number of carbonyl (C=O) groups is 2. The molecule has 0 aromatic carbocycles. The summed E-state index contributed by atoms with van der Waals surface area (Å²) >= 11 is 0. The maximum Gasteiger partial charge on any atom is 0.358 e. The van der Waals surface area contributed by atoms with Crippen LogP contribution in [0.25, 0.3) is 0 Å². The quantitative estimate of drug-likeness (QED) is 0.123. The van der Waals surface area contributed by atoms with Crippen LogP contribution in [0, 0.1) is 5.92 Å². The Morgan fingerprint density at radius 2 is 1.48 bits per heavy atom. The Balaban J connectivity index is 3.80. The summed E-state index contributed by atoms with van der Waals surface area (Å²) in [6.45, 7) is 9.35. The second kappa shape index (κ2) is 19.5. The summed E-state index contributed by atoms with van der Waals surface area (Å²) < 4.78 is 0. The summed E-state index contributed by atoms with van der Waals surface area (Å²) in [5.74, 6) is -0.886. The highest BCUT2D eigenvalue weighted by molar-refractivity contribution is 5.88. The van der Waals surface area contributed by atoms with Gasteiger partial charge < -0.3 is 4.84 Å². The van der Waals surface area contributed by atoms with E-state index in [1.165, 1.54) is 38.5 Å². The molecule has 0 aromatic heterocycles. The number of amides is 1. The molecule has 0 saturated heterocycles. The third kappa shape index (κ3) is 16.8. The minimum Gasteiger partial charge on any atom is -0.336 e. The number of rotatable bonds is 17. The van der Waals surface area contributed by atoms with Crippen LogP contribution in [0.5, 0.6) is 0 Å². The normalized spacial score (nSPS) is 12.4. The first-order valence-corrected chi connectivity index (χ1v) is 11.5. The monoisotopic (exact) mass is 405 g/mol. The zero-order chi connectivity index (χ0) is 21.7. The molecule has 0 bridgehead atoms. The largest absolute Gasteiger partial charge is 0.358 e. The van der Waals surface area contributed by atoms with Gasteiger partial charge in [-0.3, -0.25) is 4.79 Å². The average Bonchev–Trinajstić information content (AvgIpc) is 2.71. The number of allylic oxidation sites excluding steroid dienone is 4. The van der Waals surface area contributed by atoms with Gasteiger partial charge in [-0.05, 0) is 51.9 Å². The molecule has 0 spiro atoms. The van der Waals surface area contributed by atoms with Crippen LogP contribution < -0.4 is 5.48 Å². The molecule has 0 heterocycles. The molecular weight excluding hydrogens is 362 g/mol. The van der Waals surface area contributed by atoms with Crippen molar-refractivity contribution in [3.63, 3.8) is 0 Å². The molecule has 1 amide bonds. The molecule has 0 rings (SSSR count). The maximum absolute atomic E-state index is 12.2. The van der Waals surface area contributed by atoms with E-state index < -0.39 is 5.97 Å². The molecule has 0 fully saturated rings. The zero-order valence-corrected chi connectivity index (χ0v) is 19.0. The summed E-state index contributed by atoms with van der Waals surface area (Å²) in [5, 5.41) is 0. The molecular formula is C25H43NO3. The van der Waals surface area contributed by atoms with E-state index in [0.29, 0.717) is 0 Å². The van der Waals surface area contributed by atoms with Crippen LogP contribution in [0.1, 0.15) is 104 Å². The van der Waals surface area contributed by atoms with E-state index in [0.717, 1.165) is 44.9 Å². The lowest BCUT2D eigenvalue weighted by atomic mass is 9.95. The van der Waals surface area contributed by atoms with Gasteiger partial charge >= 0.3 is 5.97 Å². The van der Waals surface area contributed by atoms with Gasteiger partial charge in [0, 0.05) is 11.5 Å². The maximum atomic E-state index is 12.2. The summed E-state index contributed by atoms with van der Waals surface area (Å²) in [5.41, 5.74) is 2.56. The summed E-state index contributed by atoms with van der Waals surface area (Å²) in [4.78, 5) is 28.3. The van der Waals surface area contributed by atoms with Crippen molar-refractivity contribution in [1.29, 1.82) is 0 Å². The van der Waals surface area contributed by atoms with Crippen LogP contribution in [0.15, 0.2) is 36.5 Å². The Morgan fingerprint density at radius 1 is 0.862 bits per heavy atom. The molecule has 0 radical (unpaired) electrons. The molecule has 1 atom stereocenters. The van der Waals surface area contributed by atoms with Gasteiger partial charge in [0.2, 0.25) is 0 Å². The van der Waals surface area contributed by atoms with Crippen molar-refractivity contribution in [2.75, 3.05) is 0 Å². The van der Waals surface area contributed by atoms with Crippen molar-refractivity contribution in [2.45, 2.75) is 104 Å². The van der Waals surface area contributed by atoms with E-state index in [2.05, 4.69) is 50.2 Å².